The zero-order chi connectivity index (χ0) is 9.40. The molecule has 0 aromatic carbocycles. The van der Waals surface area contributed by atoms with E-state index in [1.54, 1.807) is 0 Å². The number of carbonyl (C=O) groups is 1. The maximum atomic E-state index is 10.8. The van der Waals surface area contributed by atoms with Gasteiger partial charge in [-0.05, 0) is 0 Å². The lowest BCUT2D eigenvalue weighted by Gasteiger charge is -2.21. The summed E-state index contributed by atoms with van der Waals surface area (Å²) in [6.45, 7) is 1.85. The van der Waals surface area contributed by atoms with Gasteiger partial charge in [-0.3, -0.25) is 4.79 Å². The Morgan fingerprint density at radius 2 is 1.67 bits per heavy atom. The predicted octanol–water partition coefficient (Wildman–Crippen LogP) is -2.17. The van der Waals surface area contributed by atoms with E-state index < -0.39 is 0 Å². The first-order valence-electron chi connectivity index (χ1n) is 3.71. The molecule has 0 aliphatic carbocycles. The van der Waals surface area contributed by atoms with Crippen molar-refractivity contribution in [1.29, 1.82) is 0 Å². The minimum Gasteiger partial charge on any atom is -0.395 e. The van der Waals surface area contributed by atoms with Crippen molar-refractivity contribution in [2.75, 3.05) is 26.3 Å². The van der Waals surface area contributed by atoms with Crippen molar-refractivity contribution < 1.29 is 15.0 Å². The molecule has 0 heterocycles. The molecule has 0 aliphatic heterocycles. The van der Waals surface area contributed by atoms with Gasteiger partial charge < -0.3 is 10.2 Å². The molecule has 0 aliphatic rings. The van der Waals surface area contributed by atoms with Gasteiger partial charge in [-0.15, -0.1) is 0 Å². The summed E-state index contributed by atoms with van der Waals surface area (Å²) in [5, 5.41) is 18.0. The summed E-state index contributed by atoms with van der Waals surface area (Å²) in [6.07, 6.45) is 0. The van der Waals surface area contributed by atoms with E-state index >= 15 is 0 Å². The summed E-state index contributed by atoms with van der Waals surface area (Å²) in [7, 11) is 0. The Balaban J connectivity index is 3.62. The Morgan fingerprint density at radius 3 is 1.92 bits per heavy atom. The van der Waals surface area contributed by atoms with E-state index in [9.17, 15) is 4.79 Å². The van der Waals surface area contributed by atoms with Crippen molar-refractivity contribution in [1.82, 2.24) is 16.0 Å². The molecule has 0 radical (unpaired) electrons. The Bertz CT molecular complexity index is 123. The Hall–Kier alpha value is -0.690. The lowest BCUT2D eigenvalue weighted by atomic mass is 10.7. The minimum absolute atomic E-state index is 0.0510. The number of hydrogen-bond acceptors (Lipinski definition) is 5. The van der Waals surface area contributed by atoms with Crippen LogP contribution in [0.2, 0.25) is 0 Å². The molecule has 0 aromatic rings. The van der Waals surface area contributed by atoms with Crippen LogP contribution in [0.25, 0.3) is 0 Å². The minimum atomic E-state index is -0.225. The maximum Gasteiger partial charge on any atom is 0.248 e. The van der Waals surface area contributed by atoms with Gasteiger partial charge in [-0.25, -0.2) is 16.0 Å². The van der Waals surface area contributed by atoms with Gasteiger partial charge in [0, 0.05) is 20.0 Å². The van der Waals surface area contributed by atoms with Crippen molar-refractivity contribution in [3.8, 4) is 0 Å². The fourth-order valence-electron chi connectivity index (χ4n) is 0.602. The highest BCUT2D eigenvalue weighted by Gasteiger charge is 2.04. The smallest absolute Gasteiger partial charge is 0.248 e. The number of rotatable bonds is 6. The highest BCUT2D eigenvalue weighted by molar-refractivity contribution is 5.72. The standard InChI is InChI=1S/C6H15N3O3/c1-6(12)9(7-2-4-10)8-3-5-11/h7-8,10-11H,2-5H2,1H3. The first-order valence-corrected chi connectivity index (χ1v) is 3.71. The number of hydrazine groups is 2. The van der Waals surface area contributed by atoms with Crippen LogP contribution in [0.4, 0.5) is 0 Å². The molecule has 6 heteroatoms. The van der Waals surface area contributed by atoms with Gasteiger partial charge in [-0.2, -0.15) is 0 Å². The Labute approximate surface area is 71.1 Å². The molecular formula is C6H15N3O3. The van der Waals surface area contributed by atoms with Crippen molar-refractivity contribution in [3.63, 3.8) is 0 Å². The molecule has 72 valence electrons. The van der Waals surface area contributed by atoms with E-state index in [-0.39, 0.29) is 32.2 Å². The van der Waals surface area contributed by atoms with Gasteiger partial charge in [0.05, 0.1) is 13.2 Å². The molecule has 12 heavy (non-hydrogen) atoms. The summed E-state index contributed by atoms with van der Waals surface area (Å²) >= 11 is 0. The van der Waals surface area contributed by atoms with Crippen LogP contribution in [0.3, 0.4) is 0 Å². The number of amides is 1. The number of nitrogens with one attached hydrogen (secondary N) is 2. The van der Waals surface area contributed by atoms with Crippen molar-refractivity contribution >= 4 is 5.91 Å². The molecule has 6 nitrogen and oxygen atoms in total. The zero-order valence-corrected chi connectivity index (χ0v) is 7.08. The quantitative estimate of drug-likeness (QED) is 0.347. The molecule has 0 fully saturated rings. The van der Waals surface area contributed by atoms with Gasteiger partial charge in [0.1, 0.15) is 0 Å². The van der Waals surface area contributed by atoms with Crippen LogP contribution in [0, 0.1) is 0 Å². The number of hydrogen-bond donors (Lipinski definition) is 4. The molecule has 0 atom stereocenters. The second kappa shape index (κ2) is 6.99. The third-order valence-electron chi connectivity index (χ3n) is 1.08. The topological polar surface area (TPSA) is 84.8 Å². The summed E-state index contributed by atoms with van der Waals surface area (Å²) in [5.74, 6) is -0.225. The van der Waals surface area contributed by atoms with Crippen molar-refractivity contribution in [2.24, 2.45) is 0 Å². The van der Waals surface area contributed by atoms with Crippen LogP contribution in [0.1, 0.15) is 6.92 Å². The van der Waals surface area contributed by atoms with E-state index in [2.05, 4.69) is 10.9 Å². The maximum absolute atomic E-state index is 10.8. The fraction of sp³-hybridized carbons (Fsp3) is 0.833. The van der Waals surface area contributed by atoms with Crippen LogP contribution in [0.5, 0.6) is 0 Å². The van der Waals surface area contributed by atoms with E-state index in [4.69, 9.17) is 10.2 Å². The lowest BCUT2D eigenvalue weighted by Crippen LogP contribution is -2.52. The number of aliphatic hydroxyl groups excluding tert-OH is 2. The Morgan fingerprint density at radius 1 is 1.25 bits per heavy atom. The average molecular weight is 177 g/mol. The molecule has 0 saturated heterocycles. The Kier molecular flexibility index (Phi) is 6.58. The van der Waals surface area contributed by atoms with Crippen molar-refractivity contribution in [3.05, 3.63) is 0 Å². The van der Waals surface area contributed by atoms with Gasteiger partial charge in [0.25, 0.3) is 0 Å². The van der Waals surface area contributed by atoms with Crippen molar-refractivity contribution in [2.45, 2.75) is 6.92 Å². The molecule has 1 amide bonds. The highest BCUT2D eigenvalue weighted by atomic mass is 16.3. The van der Waals surface area contributed by atoms with Gasteiger partial charge in [0.15, 0.2) is 0 Å². The molecule has 0 unspecified atom stereocenters. The van der Waals surface area contributed by atoms with Crippen LogP contribution in [-0.2, 0) is 4.79 Å². The number of aliphatic hydroxyl groups is 2. The normalized spacial score (nSPS) is 9.92. The summed E-state index contributed by atoms with van der Waals surface area (Å²) < 4.78 is 0. The molecule has 0 rings (SSSR count). The van der Waals surface area contributed by atoms with E-state index in [0.717, 1.165) is 5.12 Å². The number of nitrogens with zero attached hydrogens (tertiary/aromatic N) is 1. The van der Waals surface area contributed by atoms with Crippen LogP contribution < -0.4 is 10.9 Å². The molecule has 0 spiro atoms. The summed E-state index contributed by atoms with van der Waals surface area (Å²) in [6, 6.07) is 0. The second-order valence-electron chi connectivity index (χ2n) is 2.12. The number of carbonyl (C=O) groups excluding carboxylic acids is 1. The molecular weight excluding hydrogens is 162 g/mol. The van der Waals surface area contributed by atoms with Crippen LogP contribution >= 0.6 is 0 Å². The first-order chi connectivity index (χ1) is 5.72. The zero-order valence-electron chi connectivity index (χ0n) is 7.08. The fourth-order valence-corrected chi connectivity index (χ4v) is 0.602. The first kappa shape index (κ1) is 11.3. The van der Waals surface area contributed by atoms with Crippen LogP contribution in [0.15, 0.2) is 0 Å². The average Bonchev–Trinajstić information content (AvgIpc) is 2.04. The third kappa shape index (κ3) is 5.03. The largest absolute Gasteiger partial charge is 0.395 e. The monoisotopic (exact) mass is 177 g/mol. The molecule has 4 N–H and O–H groups in total. The SMILES string of the molecule is CC(=O)N(NCCO)NCCO. The summed E-state index contributed by atoms with van der Waals surface area (Å²) in [5.41, 5.74) is 5.23. The highest BCUT2D eigenvalue weighted by Crippen LogP contribution is 1.76. The molecule has 0 saturated carbocycles. The predicted molar refractivity (Wildman–Crippen MR) is 42.7 cm³/mol. The van der Waals surface area contributed by atoms with Gasteiger partial charge in [-0.1, -0.05) is 0 Å². The third-order valence-corrected chi connectivity index (χ3v) is 1.08. The van der Waals surface area contributed by atoms with E-state index in [1.165, 1.54) is 6.92 Å². The van der Waals surface area contributed by atoms with E-state index in [0.29, 0.717) is 0 Å². The summed E-state index contributed by atoms with van der Waals surface area (Å²) in [4.78, 5) is 10.8. The van der Waals surface area contributed by atoms with E-state index in [1.807, 2.05) is 0 Å². The molecule has 0 aromatic heterocycles. The molecule has 0 bridgehead atoms. The lowest BCUT2D eigenvalue weighted by molar-refractivity contribution is -0.136. The van der Waals surface area contributed by atoms with Crippen LogP contribution in [-0.4, -0.2) is 47.5 Å². The second-order valence-corrected chi connectivity index (χ2v) is 2.12. The van der Waals surface area contributed by atoms with Gasteiger partial charge >= 0.3 is 0 Å². The van der Waals surface area contributed by atoms with Gasteiger partial charge in [0.2, 0.25) is 5.91 Å².